The third kappa shape index (κ3) is 5.44. The van der Waals surface area contributed by atoms with Crippen molar-refractivity contribution in [2.45, 2.75) is 26.2 Å². The van der Waals surface area contributed by atoms with E-state index in [9.17, 15) is 14.0 Å². The van der Waals surface area contributed by atoms with Crippen LogP contribution in [0.25, 0.3) is 0 Å². The molecule has 28 heavy (non-hydrogen) atoms. The predicted octanol–water partition coefficient (Wildman–Crippen LogP) is 2.14. The van der Waals surface area contributed by atoms with Gasteiger partial charge in [-0.25, -0.2) is 4.39 Å². The number of nitrogens with zero attached hydrogens (tertiary/aromatic N) is 3. The van der Waals surface area contributed by atoms with E-state index < -0.39 is 0 Å². The highest BCUT2D eigenvalue weighted by Gasteiger charge is 2.27. The minimum absolute atomic E-state index is 0.00596. The van der Waals surface area contributed by atoms with Crippen LogP contribution >= 0.6 is 0 Å². The minimum Gasteiger partial charge on any atom is -0.466 e. The molecular formula is C21H30FN3O3. The highest BCUT2D eigenvalue weighted by atomic mass is 19.1. The normalized spacial score (nSPS) is 18.9. The van der Waals surface area contributed by atoms with E-state index >= 15 is 0 Å². The SMILES string of the molecule is CCOC(=O)C1CCN(CCC(=O)N2CCN(c3ccc(F)cc3)CC2)CC1. The molecule has 7 heteroatoms. The Bertz CT molecular complexity index is 651. The number of esters is 1. The lowest BCUT2D eigenvalue weighted by Crippen LogP contribution is -2.49. The molecule has 6 nitrogen and oxygen atoms in total. The second-order valence-corrected chi connectivity index (χ2v) is 7.46. The summed E-state index contributed by atoms with van der Waals surface area (Å²) < 4.78 is 18.2. The van der Waals surface area contributed by atoms with Crippen molar-refractivity contribution in [1.82, 2.24) is 9.80 Å². The Kier molecular flexibility index (Phi) is 7.25. The first-order chi connectivity index (χ1) is 13.6. The number of carbonyl (C=O) groups is 2. The number of piperidine rings is 1. The summed E-state index contributed by atoms with van der Waals surface area (Å²) in [4.78, 5) is 30.7. The number of anilines is 1. The number of piperazine rings is 1. The van der Waals surface area contributed by atoms with Crippen LogP contribution in [0.3, 0.4) is 0 Å². The van der Waals surface area contributed by atoms with E-state index in [0.29, 0.717) is 26.1 Å². The Labute approximate surface area is 166 Å². The number of likely N-dealkylation sites (tertiary alicyclic amines) is 1. The molecule has 2 fully saturated rings. The van der Waals surface area contributed by atoms with Crippen LogP contribution in [-0.4, -0.2) is 74.1 Å². The van der Waals surface area contributed by atoms with Crippen molar-refractivity contribution in [3.05, 3.63) is 30.1 Å². The average molecular weight is 391 g/mol. The van der Waals surface area contributed by atoms with Crippen LogP contribution in [0.1, 0.15) is 26.2 Å². The number of rotatable bonds is 6. The van der Waals surface area contributed by atoms with Crippen LogP contribution in [0, 0.1) is 11.7 Å². The van der Waals surface area contributed by atoms with E-state index in [1.165, 1.54) is 12.1 Å². The fourth-order valence-corrected chi connectivity index (χ4v) is 3.93. The van der Waals surface area contributed by atoms with Crippen molar-refractivity contribution in [3.63, 3.8) is 0 Å². The summed E-state index contributed by atoms with van der Waals surface area (Å²) in [6.45, 7) is 7.61. The minimum atomic E-state index is -0.233. The number of carbonyl (C=O) groups excluding carboxylic acids is 2. The zero-order chi connectivity index (χ0) is 19.9. The molecule has 0 unspecified atom stereocenters. The van der Waals surface area contributed by atoms with Gasteiger partial charge in [0.2, 0.25) is 5.91 Å². The average Bonchev–Trinajstić information content (AvgIpc) is 2.73. The molecule has 1 amide bonds. The lowest BCUT2D eigenvalue weighted by atomic mass is 9.97. The molecular weight excluding hydrogens is 361 g/mol. The summed E-state index contributed by atoms with van der Waals surface area (Å²) in [6, 6.07) is 6.51. The lowest BCUT2D eigenvalue weighted by molar-refractivity contribution is -0.149. The van der Waals surface area contributed by atoms with Crippen LogP contribution < -0.4 is 4.90 Å². The monoisotopic (exact) mass is 391 g/mol. The van der Waals surface area contributed by atoms with E-state index in [1.54, 1.807) is 12.1 Å². The van der Waals surface area contributed by atoms with Crippen LogP contribution in [0.4, 0.5) is 10.1 Å². The molecule has 0 aromatic heterocycles. The van der Waals surface area contributed by atoms with Gasteiger partial charge in [-0.3, -0.25) is 9.59 Å². The van der Waals surface area contributed by atoms with Gasteiger partial charge >= 0.3 is 5.97 Å². The third-order valence-electron chi connectivity index (χ3n) is 5.67. The Hall–Kier alpha value is -2.15. The molecule has 0 spiro atoms. The maximum atomic E-state index is 13.1. The van der Waals surface area contributed by atoms with Gasteiger partial charge < -0.3 is 19.4 Å². The van der Waals surface area contributed by atoms with E-state index in [-0.39, 0.29) is 23.6 Å². The highest BCUT2D eigenvalue weighted by Crippen LogP contribution is 2.20. The van der Waals surface area contributed by atoms with Crippen molar-refractivity contribution in [2.75, 3.05) is 57.3 Å². The number of amides is 1. The molecule has 0 aliphatic carbocycles. The number of benzene rings is 1. The molecule has 154 valence electrons. The lowest BCUT2D eigenvalue weighted by Gasteiger charge is -2.37. The smallest absolute Gasteiger partial charge is 0.309 e. The second-order valence-electron chi connectivity index (χ2n) is 7.46. The maximum Gasteiger partial charge on any atom is 0.309 e. The van der Waals surface area contributed by atoms with E-state index in [4.69, 9.17) is 4.74 Å². The summed E-state index contributed by atoms with van der Waals surface area (Å²) >= 11 is 0. The van der Waals surface area contributed by atoms with E-state index in [1.807, 2.05) is 11.8 Å². The zero-order valence-corrected chi connectivity index (χ0v) is 16.6. The molecule has 0 atom stereocenters. The standard InChI is InChI=1S/C21H30FN3O3/c1-2-28-21(27)17-7-10-23(11-8-17)12-9-20(26)25-15-13-24(14-16-25)19-5-3-18(22)4-6-19/h3-6,17H,2,7-16H2,1H3. The van der Waals surface area contributed by atoms with Crippen LogP contribution in [-0.2, 0) is 14.3 Å². The third-order valence-corrected chi connectivity index (χ3v) is 5.67. The van der Waals surface area contributed by atoms with Gasteiger partial charge in [-0.15, -0.1) is 0 Å². The van der Waals surface area contributed by atoms with E-state index in [0.717, 1.165) is 51.3 Å². The van der Waals surface area contributed by atoms with Crippen LogP contribution in [0.2, 0.25) is 0 Å². The fraction of sp³-hybridized carbons (Fsp3) is 0.619. The largest absolute Gasteiger partial charge is 0.466 e. The summed E-state index contributed by atoms with van der Waals surface area (Å²) in [5.74, 6) is -0.126. The van der Waals surface area contributed by atoms with Crippen molar-refractivity contribution < 1.29 is 18.7 Å². The molecule has 1 aromatic rings. The number of hydrogen-bond donors (Lipinski definition) is 0. The van der Waals surface area contributed by atoms with Gasteiger partial charge in [0.05, 0.1) is 12.5 Å². The highest BCUT2D eigenvalue weighted by molar-refractivity contribution is 5.76. The molecule has 2 aliphatic heterocycles. The molecule has 2 saturated heterocycles. The maximum absolute atomic E-state index is 13.1. The van der Waals surface area contributed by atoms with Crippen molar-refractivity contribution in [2.24, 2.45) is 5.92 Å². The summed E-state index contributed by atoms with van der Waals surface area (Å²) in [6.07, 6.45) is 2.13. The van der Waals surface area contributed by atoms with Gasteiger partial charge in [0, 0.05) is 44.8 Å². The molecule has 2 heterocycles. The van der Waals surface area contributed by atoms with Crippen LogP contribution in [0.15, 0.2) is 24.3 Å². The van der Waals surface area contributed by atoms with Gasteiger partial charge in [-0.1, -0.05) is 0 Å². The Morgan fingerprint density at radius 2 is 1.68 bits per heavy atom. The summed E-state index contributed by atoms with van der Waals surface area (Å²) in [5.41, 5.74) is 0.998. The zero-order valence-electron chi connectivity index (χ0n) is 16.6. The fourth-order valence-electron chi connectivity index (χ4n) is 3.93. The molecule has 0 radical (unpaired) electrons. The Morgan fingerprint density at radius 3 is 2.29 bits per heavy atom. The summed E-state index contributed by atoms with van der Waals surface area (Å²) in [7, 11) is 0. The molecule has 0 bridgehead atoms. The second kappa shape index (κ2) is 9.87. The van der Waals surface area contributed by atoms with Gasteiger partial charge in [0.1, 0.15) is 5.82 Å². The number of ether oxygens (including phenoxy) is 1. The van der Waals surface area contributed by atoms with Crippen molar-refractivity contribution in [1.29, 1.82) is 0 Å². The van der Waals surface area contributed by atoms with E-state index in [2.05, 4.69) is 9.80 Å². The Morgan fingerprint density at radius 1 is 1.04 bits per heavy atom. The topological polar surface area (TPSA) is 53.1 Å². The van der Waals surface area contributed by atoms with Crippen molar-refractivity contribution in [3.8, 4) is 0 Å². The molecule has 3 rings (SSSR count). The number of hydrogen-bond acceptors (Lipinski definition) is 5. The molecule has 2 aliphatic rings. The Balaban J connectivity index is 1.36. The van der Waals surface area contributed by atoms with Gasteiger partial charge in [0.25, 0.3) is 0 Å². The van der Waals surface area contributed by atoms with Crippen LogP contribution in [0.5, 0.6) is 0 Å². The van der Waals surface area contributed by atoms with Crippen molar-refractivity contribution >= 4 is 17.6 Å². The first kappa shape index (κ1) is 20.6. The molecule has 0 saturated carbocycles. The molecule has 1 aromatic carbocycles. The summed E-state index contributed by atoms with van der Waals surface area (Å²) in [5, 5.41) is 0. The molecule has 0 N–H and O–H groups in total. The number of halogens is 1. The van der Waals surface area contributed by atoms with Gasteiger partial charge in [-0.05, 0) is 57.1 Å². The van der Waals surface area contributed by atoms with Gasteiger partial charge in [-0.2, -0.15) is 0 Å². The van der Waals surface area contributed by atoms with Gasteiger partial charge in [0.15, 0.2) is 0 Å². The predicted molar refractivity (Wildman–Crippen MR) is 106 cm³/mol. The quantitative estimate of drug-likeness (QED) is 0.696. The first-order valence-electron chi connectivity index (χ1n) is 10.2. The first-order valence-corrected chi connectivity index (χ1v) is 10.2.